The molecule has 140 valence electrons. The molecule has 4 N–H and O–H groups in total. The van der Waals surface area contributed by atoms with Crippen molar-refractivity contribution in [1.29, 1.82) is 0 Å². The Morgan fingerprint density at radius 2 is 2.00 bits per heavy atom. The number of rotatable bonds is 7. The van der Waals surface area contributed by atoms with Crippen molar-refractivity contribution in [3.63, 3.8) is 0 Å². The van der Waals surface area contributed by atoms with E-state index in [0.717, 1.165) is 0 Å². The first-order valence-electron chi connectivity index (χ1n) is 7.69. The van der Waals surface area contributed by atoms with Gasteiger partial charge in [0.2, 0.25) is 11.9 Å². The molecule has 0 saturated carbocycles. The molecule has 2 aromatic heterocycles. The van der Waals surface area contributed by atoms with E-state index < -0.39 is 17.5 Å². The van der Waals surface area contributed by atoms with Crippen LogP contribution in [0.3, 0.4) is 0 Å². The lowest BCUT2D eigenvalue weighted by Gasteiger charge is -2.10. The number of nitrogens with one attached hydrogen (secondary N) is 2. The maximum Gasteiger partial charge on any atom is 0.239 e. The molecule has 0 fully saturated rings. The molecule has 0 spiro atoms. The lowest BCUT2D eigenvalue weighted by Crippen LogP contribution is -2.18. The summed E-state index contributed by atoms with van der Waals surface area (Å²) < 4.78 is 28.8. The lowest BCUT2D eigenvalue weighted by atomic mass is 10.2. The Kier molecular flexibility index (Phi) is 5.46. The Labute approximate surface area is 157 Å². The van der Waals surface area contributed by atoms with Crippen molar-refractivity contribution >= 4 is 35.0 Å². The molecule has 0 aliphatic carbocycles. The summed E-state index contributed by atoms with van der Waals surface area (Å²) in [6.45, 7) is -0.213. The molecule has 0 saturated heterocycles. The Balaban J connectivity index is 1.72. The van der Waals surface area contributed by atoms with Gasteiger partial charge in [-0.1, -0.05) is 17.7 Å². The summed E-state index contributed by atoms with van der Waals surface area (Å²) in [4.78, 5) is 19.1. The Bertz CT molecular complexity index is 959. The van der Waals surface area contributed by atoms with Gasteiger partial charge in [-0.15, -0.1) is 0 Å². The van der Waals surface area contributed by atoms with Crippen LogP contribution in [-0.4, -0.2) is 25.7 Å². The zero-order valence-electron chi connectivity index (χ0n) is 13.8. The SMILES string of the molecule is NC(=O)Cn1cc(Nc2ncc(Cl)c(NCc3c(F)cccc3F)n2)cn1. The van der Waals surface area contributed by atoms with Crippen molar-refractivity contribution in [2.24, 2.45) is 5.73 Å². The Morgan fingerprint density at radius 1 is 1.26 bits per heavy atom. The van der Waals surface area contributed by atoms with Gasteiger partial charge < -0.3 is 16.4 Å². The van der Waals surface area contributed by atoms with E-state index in [2.05, 4.69) is 25.7 Å². The molecule has 0 radical (unpaired) electrons. The second kappa shape index (κ2) is 7.96. The van der Waals surface area contributed by atoms with Crippen molar-refractivity contribution in [1.82, 2.24) is 19.7 Å². The number of aromatic nitrogens is 4. The summed E-state index contributed by atoms with van der Waals surface area (Å²) in [5.74, 6) is -1.50. The van der Waals surface area contributed by atoms with Crippen LogP contribution in [0.15, 0.2) is 36.8 Å². The second-order valence-electron chi connectivity index (χ2n) is 5.46. The van der Waals surface area contributed by atoms with Gasteiger partial charge in [-0.25, -0.2) is 13.8 Å². The highest BCUT2D eigenvalue weighted by Crippen LogP contribution is 2.23. The third-order valence-corrected chi connectivity index (χ3v) is 3.72. The van der Waals surface area contributed by atoms with Crippen molar-refractivity contribution in [3.05, 3.63) is 59.0 Å². The number of hydrogen-bond acceptors (Lipinski definition) is 6. The van der Waals surface area contributed by atoms with E-state index in [4.69, 9.17) is 17.3 Å². The summed E-state index contributed by atoms with van der Waals surface area (Å²) in [5.41, 5.74) is 5.49. The zero-order valence-corrected chi connectivity index (χ0v) is 14.5. The van der Waals surface area contributed by atoms with Crippen molar-refractivity contribution in [2.75, 3.05) is 10.6 Å². The van der Waals surface area contributed by atoms with E-state index in [1.54, 1.807) is 6.20 Å². The molecule has 0 aliphatic rings. The Hall–Kier alpha value is -3.27. The van der Waals surface area contributed by atoms with Crippen LogP contribution in [0, 0.1) is 11.6 Å². The summed E-state index contributed by atoms with van der Waals surface area (Å²) in [6, 6.07) is 3.61. The van der Waals surface area contributed by atoms with E-state index in [1.165, 1.54) is 35.3 Å². The number of amides is 1. The number of anilines is 3. The number of hydrogen-bond donors (Lipinski definition) is 3. The maximum absolute atomic E-state index is 13.7. The van der Waals surface area contributed by atoms with Gasteiger partial charge in [0.1, 0.15) is 23.2 Å². The summed E-state index contributed by atoms with van der Waals surface area (Å²) in [6.07, 6.45) is 4.35. The number of carbonyl (C=O) groups is 1. The third-order valence-electron chi connectivity index (χ3n) is 3.45. The third kappa shape index (κ3) is 4.67. The summed E-state index contributed by atoms with van der Waals surface area (Å²) in [7, 11) is 0. The summed E-state index contributed by atoms with van der Waals surface area (Å²) in [5, 5.41) is 9.81. The monoisotopic (exact) mass is 393 g/mol. The molecule has 1 amide bonds. The number of halogens is 3. The van der Waals surface area contributed by atoms with Gasteiger partial charge in [0, 0.05) is 18.3 Å². The van der Waals surface area contributed by atoms with Gasteiger partial charge >= 0.3 is 0 Å². The van der Waals surface area contributed by atoms with E-state index in [9.17, 15) is 13.6 Å². The van der Waals surface area contributed by atoms with Gasteiger partial charge in [-0.3, -0.25) is 9.48 Å². The first-order valence-corrected chi connectivity index (χ1v) is 8.07. The van der Waals surface area contributed by atoms with Crippen LogP contribution in [0.5, 0.6) is 0 Å². The first kappa shape index (κ1) is 18.5. The Morgan fingerprint density at radius 3 is 2.70 bits per heavy atom. The molecule has 0 unspecified atom stereocenters. The standard InChI is InChI=1S/C16H14ClF2N7O/c17-11-6-22-16(24-9-4-23-26(7-9)8-14(20)27)25-15(11)21-5-10-12(18)2-1-3-13(10)19/h1-4,6-7H,5,8H2,(H2,20,27)(H2,21,22,24,25). The highest BCUT2D eigenvalue weighted by molar-refractivity contribution is 6.32. The quantitative estimate of drug-likeness (QED) is 0.568. The van der Waals surface area contributed by atoms with Gasteiger partial charge in [0.25, 0.3) is 0 Å². The molecule has 11 heteroatoms. The van der Waals surface area contributed by atoms with Crippen molar-refractivity contribution in [3.8, 4) is 0 Å². The molecule has 8 nitrogen and oxygen atoms in total. The minimum absolute atomic E-state index is 0.0653. The minimum Gasteiger partial charge on any atom is -0.368 e. The smallest absolute Gasteiger partial charge is 0.239 e. The highest BCUT2D eigenvalue weighted by Gasteiger charge is 2.11. The fourth-order valence-corrected chi connectivity index (χ4v) is 2.39. The van der Waals surface area contributed by atoms with Crippen LogP contribution in [0.4, 0.5) is 26.2 Å². The molecule has 0 bridgehead atoms. The number of primary amides is 1. The van der Waals surface area contributed by atoms with Crippen molar-refractivity contribution in [2.45, 2.75) is 13.1 Å². The van der Waals surface area contributed by atoms with Crippen LogP contribution in [0.2, 0.25) is 5.02 Å². The fraction of sp³-hybridized carbons (Fsp3) is 0.125. The predicted molar refractivity (Wildman–Crippen MR) is 95.4 cm³/mol. The van der Waals surface area contributed by atoms with Crippen molar-refractivity contribution < 1.29 is 13.6 Å². The first-order chi connectivity index (χ1) is 12.9. The lowest BCUT2D eigenvalue weighted by molar-refractivity contribution is -0.118. The summed E-state index contributed by atoms with van der Waals surface area (Å²) >= 11 is 6.04. The molecule has 1 aromatic carbocycles. The molecule has 0 aliphatic heterocycles. The topological polar surface area (TPSA) is 111 Å². The zero-order chi connectivity index (χ0) is 19.4. The number of nitrogens with zero attached hydrogens (tertiary/aromatic N) is 4. The van der Waals surface area contributed by atoms with Gasteiger partial charge in [0.15, 0.2) is 5.82 Å². The normalized spacial score (nSPS) is 10.6. The number of benzene rings is 1. The average Bonchev–Trinajstić information content (AvgIpc) is 3.03. The van der Waals surface area contributed by atoms with Crippen LogP contribution in [0.1, 0.15) is 5.56 Å². The van der Waals surface area contributed by atoms with Crippen LogP contribution in [0.25, 0.3) is 0 Å². The second-order valence-corrected chi connectivity index (χ2v) is 5.87. The molecular weight excluding hydrogens is 380 g/mol. The minimum atomic E-state index is -0.673. The maximum atomic E-state index is 13.7. The molecule has 3 rings (SSSR count). The van der Waals surface area contributed by atoms with E-state index in [1.807, 2.05) is 0 Å². The van der Waals surface area contributed by atoms with Crippen LogP contribution >= 0.6 is 11.6 Å². The highest BCUT2D eigenvalue weighted by atomic mass is 35.5. The largest absolute Gasteiger partial charge is 0.368 e. The number of nitrogens with two attached hydrogens (primary N) is 1. The predicted octanol–water partition coefficient (Wildman–Crippen LogP) is 2.45. The molecule has 3 aromatic rings. The van der Waals surface area contributed by atoms with Gasteiger partial charge in [0.05, 0.1) is 18.1 Å². The molecular formula is C16H14ClF2N7O. The molecule has 27 heavy (non-hydrogen) atoms. The number of carbonyl (C=O) groups excluding carboxylic acids is 1. The van der Waals surface area contributed by atoms with E-state index in [-0.39, 0.29) is 35.4 Å². The van der Waals surface area contributed by atoms with Crippen LogP contribution in [-0.2, 0) is 17.9 Å². The van der Waals surface area contributed by atoms with Crippen LogP contribution < -0.4 is 16.4 Å². The van der Waals surface area contributed by atoms with E-state index >= 15 is 0 Å². The average molecular weight is 394 g/mol. The fourth-order valence-electron chi connectivity index (χ4n) is 2.23. The van der Waals surface area contributed by atoms with Gasteiger partial charge in [-0.05, 0) is 12.1 Å². The molecule has 2 heterocycles. The van der Waals surface area contributed by atoms with Gasteiger partial charge in [-0.2, -0.15) is 10.1 Å². The van der Waals surface area contributed by atoms with E-state index in [0.29, 0.717) is 5.69 Å². The molecule has 0 atom stereocenters.